The minimum Gasteiger partial charge on any atom is -0.444 e. The number of non-ortho nitro benzene ring substituents is 1. The Morgan fingerprint density at radius 3 is 2.55 bits per heavy atom. The van der Waals surface area contributed by atoms with Gasteiger partial charge in [-0.1, -0.05) is 11.6 Å². The number of hydrogen-bond acceptors (Lipinski definition) is 4. The molecular formula is C13H17ClN2O4. The second kappa shape index (κ2) is 6.09. The summed E-state index contributed by atoms with van der Waals surface area (Å²) in [6, 6.07) is 4.11. The molecule has 6 nitrogen and oxygen atoms in total. The van der Waals surface area contributed by atoms with E-state index in [0.29, 0.717) is 10.6 Å². The highest BCUT2D eigenvalue weighted by Crippen LogP contribution is 2.23. The number of nitrogens with zero attached hydrogens (tertiary/aromatic N) is 2. The zero-order valence-electron chi connectivity index (χ0n) is 11.8. The highest BCUT2D eigenvalue weighted by molar-refractivity contribution is 6.31. The molecule has 0 N–H and O–H groups in total. The third-order valence-electron chi connectivity index (χ3n) is 2.35. The second-order valence-electron chi connectivity index (χ2n) is 5.37. The van der Waals surface area contributed by atoms with Gasteiger partial charge < -0.3 is 9.64 Å². The van der Waals surface area contributed by atoms with Gasteiger partial charge in [-0.25, -0.2) is 4.79 Å². The molecule has 110 valence electrons. The molecule has 20 heavy (non-hydrogen) atoms. The predicted molar refractivity (Wildman–Crippen MR) is 75.8 cm³/mol. The van der Waals surface area contributed by atoms with Crippen molar-refractivity contribution in [2.24, 2.45) is 0 Å². The maximum Gasteiger partial charge on any atom is 0.410 e. The van der Waals surface area contributed by atoms with Gasteiger partial charge >= 0.3 is 6.09 Å². The minimum atomic E-state index is -0.599. The van der Waals surface area contributed by atoms with E-state index in [1.807, 2.05) is 0 Å². The first-order chi connectivity index (χ1) is 9.10. The average Bonchev–Trinajstić information content (AvgIpc) is 2.29. The Balaban J connectivity index is 2.85. The van der Waals surface area contributed by atoms with Gasteiger partial charge in [-0.05, 0) is 32.4 Å². The monoisotopic (exact) mass is 300 g/mol. The highest BCUT2D eigenvalue weighted by atomic mass is 35.5. The fourth-order valence-corrected chi connectivity index (χ4v) is 1.63. The fraction of sp³-hybridized carbons (Fsp3) is 0.462. The number of benzene rings is 1. The van der Waals surface area contributed by atoms with Crippen LogP contribution in [0.2, 0.25) is 5.02 Å². The third-order valence-corrected chi connectivity index (χ3v) is 2.72. The summed E-state index contributed by atoms with van der Waals surface area (Å²) in [6.07, 6.45) is -0.514. The van der Waals surface area contributed by atoms with Crippen molar-refractivity contribution in [2.75, 3.05) is 7.05 Å². The summed E-state index contributed by atoms with van der Waals surface area (Å²) < 4.78 is 5.20. The Kier molecular flexibility index (Phi) is 4.94. The van der Waals surface area contributed by atoms with E-state index in [1.54, 1.807) is 27.8 Å². The average molecular weight is 301 g/mol. The van der Waals surface area contributed by atoms with Gasteiger partial charge in [0.2, 0.25) is 0 Å². The molecule has 0 saturated carbocycles. The first-order valence-electron chi connectivity index (χ1n) is 5.97. The number of hydrogen-bond donors (Lipinski definition) is 0. The molecule has 0 bridgehead atoms. The molecule has 0 aliphatic heterocycles. The lowest BCUT2D eigenvalue weighted by Gasteiger charge is -2.24. The lowest BCUT2D eigenvalue weighted by atomic mass is 10.2. The number of carbonyl (C=O) groups is 1. The summed E-state index contributed by atoms with van der Waals surface area (Å²) in [5, 5.41) is 11.1. The van der Waals surface area contributed by atoms with Gasteiger partial charge in [0.25, 0.3) is 5.69 Å². The van der Waals surface area contributed by atoms with Crippen molar-refractivity contribution in [1.82, 2.24) is 4.90 Å². The molecule has 0 atom stereocenters. The molecule has 0 spiro atoms. The van der Waals surface area contributed by atoms with Crippen LogP contribution in [0.5, 0.6) is 0 Å². The van der Waals surface area contributed by atoms with Gasteiger partial charge in [0.1, 0.15) is 5.60 Å². The summed E-state index contributed by atoms with van der Waals surface area (Å²) >= 11 is 5.98. The summed E-state index contributed by atoms with van der Waals surface area (Å²) in [5.74, 6) is 0. The first-order valence-corrected chi connectivity index (χ1v) is 6.35. The third kappa shape index (κ3) is 4.70. The second-order valence-corrected chi connectivity index (χ2v) is 5.78. The molecule has 1 aromatic carbocycles. The molecule has 0 aliphatic rings. The van der Waals surface area contributed by atoms with Gasteiger partial charge in [-0.15, -0.1) is 0 Å². The number of nitro benzene ring substituents is 1. The van der Waals surface area contributed by atoms with Gasteiger partial charge in [0.15, 0.2) is 0 Å². The molecular weight excluding hydrogens is 284 g/mol. The molecule has 1 rings (SSSR count). The largest absolute Gasteiger partial charge is 0.444 e. The normalized spacial score (nSPS) is 11.1. The van der Waals surface area contributed by atoms with Crippen molar-refractivity contribution in [3.8, 4) is 0 Å². The van der Waals surface area contributed by atoms with E-state index in [4.69, 9.17) is 16.3 Å². The van der Waals surface area contributed by atoms with E-state index in [2.05, 4.69) is 0 Å². The van der Waals surface area contributed by atoms with Crippen LogP contribution in [0.3, 0.4) is 0 Å². The zero-order chi connectivity index (χ0) is 15.5. The SMILES string of the molecule is CN(Cc1cc([N+](=O)[O-])ccc1Cl)C(=O)OC(C)(C)C. The number of nitro groups is 1. The molecule has 1 aromatic rings. The Bertz CT molecular complexity index is 526. The summed E-state index contributed by atoms with van der Waals surface area (Å²) in [6.45, 7) is 5.42. The zero-order valence-corrected chi connectivity index (χ0v) is 12.6. The number of amides is 1. The van der Waals surface area contributed by atoms with Crippen LogP contribution in [0.4, 0.5) is 10.5 Å². The van der Waals surface area contributed by atoms with Crippen molar-refractivity contribution in [1.29, 1.82) is 0 Å². The molecule has 0 unspecified atom stereocenters. The molecule has 1 amide bonds. The van der Waals surface area contributed by atoms with E-state index in [1.165, 1.54) is 23.1 Å². The first kappa shape index (κ1) is 16.2. The van der Waals surface area contributed by atoms with E-state index >= 15 is 0 Å². The molecule has 0 saturated heterocycles. The molecule has 0 heterocycles. The van der Waals surface area contributed by atoms with E-state index in [0.717, 1.165) is 0 Å². The summed E-state index contributed by atoms with van der Waals surface area (Å²) in [7, 11) is 1.54. The van der Waals surface area contributed by atoms with Crippen LogP contribution in [0.15, 0.2) is 18.2 Å². The maximum absolute atomic E-state index is 11.8. The van der Waals surface area contributed by atoms with Crippen LogP contribution in [-0.4, -0.2) is 28.6 Å². The van der Waals surface area contributed by atoms with Gasteiger partial charge in [-0.2, -0.15) is 0 Å². The Morgan fingerprint density at radius 1 is 1.45 bits per heavy atom. The Hall–Kier alpha value is -1.82. The Labute approximate surface area is 122 Å². The van der Waals surface area contributed by atoms with Crippen LogP contribution < -0.4 is 0 Å². The van der Waals surface area contributed by atoms with E-state index in [9.17, 15) is 14.9 Å². The van der Waals surface area contributed by atoms with Crippen LogP contribution in [-0.2, 0) is 11.3 Å². The van der Waals surface area contributed by atoms with Crippen LogP contribution in [0.25, 0.3) is 0 Å². The molecule has 0 fully saturated rings. The lowest BCUT2D eigenvalue weighted by Crippen LogP contribution is -2.33. The van der Waals surface area contributed by atoms with Gasteiger partial charge in [0.05, 0.1) is 11.5 Å². The van der Waals surface area contributed by atoms with Crippen LogP contribution in [0, 0.1) is 10.1 Å². The van der Waals surface area contributed by atoms with E-state index < -0.39 is 16.6 Å². The predicted octanol–water partition coefficient (Wildman–Crippen LogP) is 3.62. The van der Waals surface area contributed by atoms with Crippen molar-refractivity contribution >= 4 is 23.4 Å². The summed E-state index contributed by atoms with van der Waals surface area (Å²) in [5.41, 5.74) is -0.172. The smallest absolute Gasteiger partial charge is 0.410 e. The maximum atomic E-state index is 11.8. The van der Waals surface area contributed by atoms with E-state index in [-0.39, 0.29) is 12.2 Å². The topological polar surface area (TPSA) is 72.7 Å². The van der Waals surface area contributed by atoms with Gasteiger partial charge in [-0.3, -0.25) is 10.1 Å². The minimum absolute atomic E-state index is 0.0676. The number of carbonyl (C=O) groups excluding carboxylic acids is 1. The molecule has 0 radical (unpaired) electrons. The Morgan fingerprint density at radius 2 is 2.05 bits per heavy atom. The molecule has 0 aromatic heterocycles. The molecule has 7 heteroatoms. The number of ether oxygens (including phenoxy) is 1. The van der Waals surface area contributed by atoms with Crippen molar-refractivity contribution in [3.05, 3.63) is 38.9 Å². The number of rotatable bonds is 3. The molecule has 0 aliphatic carbocycles. The fourth-order valence-electron chi connectivity index (χ4n) is 1.46. The van der Waals surface area contributed by atoms with Crippen molar-refractivity contribution in [2.45, 2.75) is 32.9 Å². The van der Waals surface area contributed by atoms with Crippen molar-refractivity contribution in [3.63, 3.8) is 0 Å². The van der Waals surface area contributed by atoms with Gasteiger partial charge in [0, 0.05) is 24.2 Å². The highest BCUT2D eigenvalue weighted by Gasteiger charge is 2.21. The summed E-state index contributed by atoms with van der Waals surface area (Å²) in [4.78, 5) is 23.4. The standard InChI is InChI=1S/C13H17ClN2O4/c1-13(2,3)20-12(17)15(4)8-9-7-10(16(18)19)5-6-11(9)14/h5-7H,8H2,1-4H3. The van der Waals surface area contributed by atoms with Crippen molar-refractivity contribution < 1.29 is 14.5 Å². The number of halogens is 1. The lowest BCUT2D eigenvalue weighted by molar-refractivity contribution is -0.384. The quantitative estimate of drug-likeness (QED) is 0.631. The van der Waals surface area contributed by atoms with Crippen LogP contribution >= 0.6 is 11.6 Å². The van der Waals surface area contributed by atoms with Crippen LogP contribution in [0.1, 0.15) is 26.3 Å².